The van der Waals surface area contributed by atoms with Crippen LogP contribution in [0, 0.1) is 6.92 Å². The molecular formula is C10H20N4O. The summed E-state index contributed by atoms with van der Waals surface area (Å²) in [7, 11) is 4.18. The van der Waals surface area contributed by atoms with Gasteiger partial charge in [-0.3, -0.25) is 0 Å². The Balaban J connectivity index is 1.98. The van der Waals surface area contributed by atoms with E-state index in [9.17, 15) is 0 Å². The maximum atomic E-state index is 5.24. The summed E-state index contributed by atoms with van der Waals surface area (Å²) in [6, 6.07) is 0. The predicted octanol–water partition coefficient (Wildman–Crippen LogP) is 0.809. The molecule has 1 rings (SSSR count). The largest absolute Gasteiger partial charge is 0.424 e. The number of hydrogen-bond donors (Lipinski definition) is 1. The minimum atomic E-state index is 0.624. The molecule has 0 unspecified atom stereocenters. The highest BCUT2D eigenvalue weighted by Crippen LogP contribution is 1.96. The Bertz CT molecular complexity index is 272. The lowest BCUT2D eigenvalue weighted by Gasteiger charge is -2.08. The Morgan fingerprint density at radius 2 is 2.07 bits per heavy atom. The average molecular weight is 212 g/mol. The fourth-order valence-corrected chi connectivity index (χ4v) is 1.28. The van der Waals surface area contributed by atoms with E-state index in [-0.39, 0.29) is 0 Å². The van der Waals surface area contributed by atoms with Crippen molar-refractivity contribution in [2.75, 3.05) is 27.2 Å². The van der Waals surface area contributed by atoms with E-state index in [2.05, 4.69) is 34.5 Å². The van der Waals surface area contributed by atoms with Gasteiger partial charge in [0.2, 0.25) is 11.8 Å². The number of nitrogens with zero attached hydrogens (tertiary/aromatic N) is 3. The highest BCUT2D eigenvalue weighted by Gasteiger charge is 2.00. The molecule has 1 N–H and O–H groups in total. The van der Waals surface area contributed by atoms with E-state index >= 15 is 0 Å². The molecule has 0 aliphatic heterocycles. The highest BCUT2D eigenvalue weighted by atomic mass is 16.4. The molecule has 0 fully saturated rings. The minimum absolute atomic E-state index is 0.624. The summed E-state index contributed by atoms with van der Waals surface area (Å²) in [6.45, 7) is 4.60. The molecule has 0 amide bonds. The molecule has 0 aliphatic carbocycles. The molecule has 0 bridgehead atoms. The number of aryl methyl sites for hydroxylation is 1. The van der Waals surface area contributed by atoms with Gasteiger partial charge in [-0.15, -0.1) is 10.2 Å². The summed E-state index contributed by atoms with van der Waals surface area (Å²) >= 11 is 0. The normalized spacial score (nSPS) is 11.2. The number of nitrogens with one attached hydrogen (secondary N) is 1. The van der Waals surface area contributed by atoms with Crippen molar-refractivity contribution < 1.29 is 4.42 Å². The summed E-state index contributed by atoms with van der Waals surface area (Å²) in [6.07, 6.45) is 2.38. The van der Waals surface area contributed by atoms with Gasteiger partial charge in [0.15, 0.2) is 0 Å². The first-order chi connectivity index (χ1) is 7.18. The fourth-order valence-electron chi connectivity index (χ4n) is 1.28. The van der Waals surface area contributed by atoms with E-state index in [0.717, 1.165) is 13.1 Å². The topological polar surface area (TPSA) is 54.2 Å². The Labute approximate surface area is 90.9 Å². The highest BCUT2D eigenvalue weighted by molar-refractivity contribution is 4.77. The molecule has 86 valence electrons. The van der Waals surface area contributed by atoms with Gasteiger partial charge in [0.25, 0.3) is 0 Å². The van der Waals surface area contributed by atoms with Crippen molar-refractivity contribution in [2.24, 2.45) is 0 Å². The number of unbranched alkanes of at least 4 members (excludes halogenated alkanes) is 1. The monoisotopic (exact) mass is 212 g/mol. The van der Waals surface area contributed by atoms with Gasteiger partial charge >= 0.3 is 0 Å². The molecule has 0 saturated heterocycles. The minimum Gasteiger partial charge on any atom is -0.424 e. The molecule has 0 aliphatic rings. The molecular weight excluding hydrogens is 192 g/mol. The van der Waals surface area contributed by atoms with Gasteiger partial charge in [0, 0.05) is 6.92 Å². The average Bonchev–Trinajstić information content (AvgIpc) is 2.57. The van der Waals surface area contributed by atoms with E-state index in [1.807, 2.05) is 0 Å². The second-order valence-corrected chi connectivity index (χ2v) is 3.90. The van der Waals surface area contributed by atoms with E-state index < -0.39 is 0 Å². The van der Waals surface area contributed by atoms with Crippen LogP contribution in [0.15, 0.2) is 4.42 Å². The molecule has 1 heterocycles. The number of rotatable bonds is 7. The van der Waals surface area contributed by atoms with Crippen LogP contribution in [0.2, 0.25) is 0 Å². The molecule has 0 radical (unpaired) electrons. The molecule has 1 aromatic rings. The van der Waals surface area contributed by atoms with Crippen LogP contribution in [0.1, 0.15) is 24.6 Å². The maximum absolute atomic E-state index is 5.24. The molecule has 5 nitrogen and oxygen atoms in total. The van der Waals surface area contributed by atoms with Crippen LogP contribution in [0.25, 0.3) is 0 Å². The lowest BCUT2D eigenvalue weighted by Crippen LogP contribution is -2.18. The van der Waals surface area contributed by atoms with Crippen LogP contribution in [0.5, 0.6) is 0 Å². The van der Waals surface area contributed by atoms with Crippen molar-refractivity contribution in [2.45, 2.75) is 26.3 Å². The zero-order valence-electron chi connectivity index (χ0n) is 9.79. The van der Waals surface area contributed by atoms with Crippen LogP contribution in [0.4, 0.5) is 0 Å². The van der Waals surface area contributed by atoms with Crippen molar-refractivity contribution in [1.29, 1.82) is 0 Å². The van der Waals surface area contributed by atoms with Crippen molar-refractivity contribution in [1.82, 2.24) is 20.4 Å². The van der Waals surface area contributed by atoms with E-state index in [0.29, 0.717) is 18.3 Å². The molecule has 0 aromatic carbocycles. The molecule has 1 aromatic heterocycles. The van der Waals surface area contributed by atoms with Crippen LogP contribution in [-0.4, -0.2) is 42.3 Å². The maximum Gasteiger partial charge on any atom is 0.230 e. The standard InChI is InChI=1S/C10H20N4O/c1-9-12-13-10(15-9)8-11-6-4-5-7-14(2)3/h11H,4-8H2,1-3H3. The summed E-state index contributed by atoms with van der Waals surface area (Å²) < 4.78 is 5.24. The Morgan fingerprint density at radius 3 is 2.67 bits per heavy atom. The SMILES string of the molecule is Cc1nnc(CNCCCCN(C)C)o1. The van der Waals surface area contributed by atoms with Crippen LogP contribution >= 0.6 is 0 Å². The number of hydrogen-bond acceptors (Lipinski definition) is 5. The summed E-state index contributed by atoms with van der Waals surface area (Å²) in [5, 5.41) is 10.9. The molecule has 5 heteroatoms. The fraction of sp³-hybridized carbons (Fsp3) is 0.800. The van der Waals surface area contributed by atoms with Gasteiger partial charge in [0.1, 0.15) is 0 Å². The van der Waals surface area contributed by atoms with Crippen molar-refractivity contribution in [3.63, 3.8) is 0 Å². The second kappa shape index (κ2) is 6.53. The van der Waals surface area contributed by atoms with Gasteiger partial charge < -0.3 is 14.6 Å². The Hall–Kier alpha value is -0.940. The van der Waals surface area contributed by atoms with Gasteiger partial charge in [-0.05, 0) is 40.0 Å². The van der Waals surface area contributed by atoms with Gasteiger partial charge in [-0.25, -0.2) is 0 Å². The lowest BCUT2D eigenvalue weighted by molar-refractivity contribution is 0.388. The van der Waals surface area contributed by atoms with E-state index in [1.165, 1.54) is 12.8 Å². The van der Waals surface area contributed by atoms with Crippen LogP contribution < -0.4 is 5.32 Å². The number of aromatic nitrogens is 2. The van der Waals surface area contributed by atoms with E-state index in [1.54, 1.807) is 6.92 Å². The third-order valence-corrected chi connectivity index (χ3v) is 2.05. The molecule has 15 heavy (non-hydrogen) atoms. The van der Waals surface area contributed by atoms with Gasteiger partial charge in [-0.1, -0.05) is 0 Å². The first-order valence-electron chi connectivity index (χ1n) is 5.33. The van der Waals surface area contributed by atoms with Crippen molar-refractivity contribution in [3.05, 3.63) is 11.8 Å². The zero-order valence-corrected chi connectivity index (χ0v) is 9.79. The van der Waals surface area contributed by atoms with Crippen LogP contribution in [-0.2, 0) is 6.54 Å². The predicted molar refractivity (Wildman–Crippen MR) is 58.5 cm³/mol. The summed E-state index contributed by atoms with van der Waals surface area (Å²) in [5.41, 5.74) is 0. The van der Waals surface area contributed by atoms with Crippen molar-refractivity contribution >= 4 is 0 Å². The molecule has 0 atom stereocenters. The van der Waals surface area contributed by atoms with Gasteiger partial charge in [-0.2, -0.15) is 0 Å². The van der Waals surface area contributed by atoms with Gasteiger partial charge in [0.05, 0.1) is 6.54 Å². The molecule has 0 spiro atoms. The van der Waals surface area contributed by atoms with Crippen LogP contribution in [0.3, 0.4) is 0 Å². The Morgan fingerprint density at radius 1 is 1.27 bits per heavy atom. The first-order valence-corrected chi connectivity index (χ1v) is 5.33. The van der Waals surface area contributed by atoms with E-state index in [4.69, 9.17) is 4.42 Å². The third-order valence-electron chi connectivity index (χ3n) is 2.05. The van der Waals surface area contributed by atoms with Crippen molar-refractivity contribution in [3.8, 4) is 0 Å². The second-order valence-electron chi connectivity index (χ2n) is 3.90. The lowest BCUT2D eigenvalue weighted by atomic mass is 10.3. The smallest absolute Gasteiger partial charge is 0.230 e. The first kappa shape index (κ1) is 12.1. The third kappa shape index (κ3) is 5.49. The quantitative estimate of drug-likeness (QED) is 0.678. The molecule has 0 saturated carbocycles. The zero-order chi connectivity index (χ0) is 11.1. The Kier molecular flexibility index (Phi) is 5.28. The summed E-state index contributed by atoms with van der Waals surface area (Å²) in [4.78, 5) is 2.20. The summed E-state index contributed by atoms with van der Waals surface area (Å²) in [5.74, 6) is 1.29.